The van der Waals surface area contributed by atoms with E-state index in [1.54, 1.807) is 39.4 Å². The molecule has 0 saturated carbocycles. The number of fused-ring (bicyclic) bond motifs is 2. The first-order chi connectivity index (χ1) is 20.4. The van der Waals surface area contributed by atoms with E-state index in [0.29, 0.717) is 29.6 Å². The second-order valence-electron chi connectivity index (χ2n) is 10.7. The van der Waals surface area contributed by atoms with E-state index in [0.717, 1.165) is 0 Å². The van der Waals surface area contributed by atoms with E-state index in [9.17, 15) is 19.8 Å². The topological polar surface area (TPSA) is 162 Å². The highest BCUT2D eigenvalue weighted by Crippen LogP contribution is 2.44. The third-order valence-corrected chi connectivity index (χ3v) is 7.35. The van der Waals surface area contributed by atoms with Crippen molar-refractivity contribution in [2.75, 3.05) is 26.6 Å². The molecule has 1 unspecified atom stereocenters. The number of amides is 2. The molecule has 0 saturated heterocycles. The molecule has 2 rings (SSSR count). The van der Waals surface area contributed by atoms with Crippen molar-refractivity contribution in [2.24, 2.45) is 22.6 Å². The summed E-state index contributed by atoms with van der Waals surface area (Å²) in [5.41, 5.74) is 6.95. The summed E-state index contributed by atoms with van der Waals surface area (Å²) in [5, 5.41) is 24.8. The summed E-state index contributed by atoms with van der Waals surface area (Å²) in [6.07, 6.45) is 7.10. The van der Waals surface area contributed by atoms with Gasteiger partial charge in [0.25, 0.3) is 5.91 Å². The Hall–Kier alpha value is -3.93. The van der Waals surface area contributed by atoms with Gasteiger partial charge in [-0.15, -0.1) is 0 Å². The first-order valence-electron chi connectivity index (χ1n) is 14.0. The highest BCUT2D eigenvalue weighted by Gasteiger charge is 2.31. The van der Waals surface area contributed by atoms with Crippen LogP contribution in [0.4, 0.5) is 16.2 Å². The number of phenols is 2. The monoisotopic (exact) mass is 599 g/mol. The van der Waals surface area contributed by atoms with Crippen molar-refractivity contribution in [3.63, 3.8) is 0 Å². The van der Waals surface area contributed by atoms with Gasteiger partial charge in [0.2, 0.25) is 0 Å². The van der Waals surface area contributed by atoms with Crippen LogP contribution >= 0.6 is 0 Å². The van der Waals surface area contributed by atoms with Gasteiger partial charge in [0, 0.05) is 50.7 Å². The predicted octanol–water partition coefficient (Wildman–Crippen LogP) is 5.10. The van der Waals surface area contributed by atoms with Crippen molar-refractivity contribution in [1.29, 1.82) is 0 Å². The van der Waals surface area contributed by atoms with Crippen LogP contribution in [0.3, 0.4) is 0 Å². The van der Waals surface area contributed by atoms with Crippen molar-refractivity contribution in [1.82, 2.24) is 0 Å². The van der Waals surface area contributed by atoms with E-state index < -0.39 is 30.3 Å². The second kappa shape index (κ2) is 16.6. The number of anilines is 1. The van der Waals surface area contributed by atoms with Gasteiger partial charge in [0.05, 0.1) is 17.9 Å². The highest BCUT2D eigenvalue weighted by atomic mass is 16.6. The fraction of sp³-hybridized carbons (Fsp3) is 0.469. The predicted molar refractivity (Wildman–Crippen MR) is 167 cm³/mol. The lowest BCUT2D eigenvalue weighted by Gasteiger charge is -2.32. The van der Waals surface area contributed by atoms with Gasteiger partial charge in [0.15, 0.2) is 6.10 Å². The van der Waals surface area contributed by atoms with E-state index >= 15 is 0 Å². The number of hydrogen-bond donors (Lipinski definition) is 4. The lowest BCUT2D eigenvalue weighted by atomic mass is 9.87. The van der Waals surface area contributed by atoms with Crippen LogP contribution in [0.15, 0.2) is 59.2 Å². The Labute approximate surface area is 253 Å². The number of phenolic OH excluding ortho intramolecular Hbond substituents is 2. The number of carbonyl (C=O) groups excluding carboxylic acids is 2. The number of aromatic hydroxyl groups is 2. The summed E-state index contributed by atoms with van der Waals surface area (Å²) >= 11 is 0. The minimum atomic E-state index is -0.959. The maximum atomic E-state index is 13.0. The molecule has 0 spiro atoms. The van der Waals surface area contributed by atoms with Crippen molar-refractivity contribution in [3.8, 4) is 11.5 Å². The van der Waals surface area contributed by atoms with Crippen LogP contribution < -0.4 is 11.1 Å². The quantitative estimate of drug-likeness (QED) is 0.152. The Morgan fingerprint density at radius 1 is 1.16 bits per heavy atom. The average Bonchev–Trinajstić information content (AvgIpc) is 2.95. The molecule has 11 heteroatoms. The van der Waals surface area contributed by atoms with Gasteiger partial charge >= 0.3 is 6.09 Å². The lowest BCUT2D eigenvalue weighted by Crippen LogP contribution is -2.38. The molecular weight excluding hydrogens is 554 g/mol. The number of rotatable bonds is 6. The summed E-state index contributed by atoms with van der Waals surface area (Å²) in [6.45, 7) is 11.0. The Kier molecular flexibility index (Phi) is 13.6. The smallest absolute Gasteiger partial charge is 0.405 e. The van der Waals surface area contributed by atoms with Crippen LogP contribution in [0.2, 0.25) is 0 Å². The zero-order valence-electron chi connectivity index (χ0n) is 26.0. The number of nitrogens with zero attached hydrogens (tertiary/aromatic N) is 1. The maximum absolute atomic E-state index is 13.0. The summed E-state index contributed by atoms with van der Waals surface area (Å²) in [5.74, 6) is -1.21. The molecule has 236 valence electrons. The molecule has 1 heterocycles. The Morgan fingerprint density at radius 3 is 2.44 bits per heavy atom. The molecule has 1 aromatic carbocycles. The highest BCUT2D eigenvalue weighted by molar-refractivity contribution is 6.04. The lowest BCUT2D eigenvalue weighted by molar-refractivity contribution is -0.112. The third kappa shape index (κ3) is 9.54. The summed E-state index contributed by atoms with van der Waals surface area (Å²) in [7, 11) is 4.67. The molecule has 2 amide bonds. The van der Waals surface area contributed by atoms with Gasteiger partial charge in [-0.25, -0.2) is 4.79 Å². The Balaban J connectivity index is 2.73. The number of aliphatic imine (C=N–C) groups is 1. The number of nitrogens with one attached hydrogen (secondary N) is 1. The van der Waals surface area contributed by atoms with Crippen LogP contribution in [0.5, 0.6) is 11.5 Å². The van der Waals surface area contributed by atoms with Gasteiger partial charge in [-0.3, -0.25) is 9.79 Å². The minimum absolute atomic E-state index is 0.0353. The number of carbonyl (C=O) groups is 2. The molecule has 43 heavy (non-hydrogen) atoms. The molecule has 6 atom stereocenters. The van der Waals surface area contributed by atoms with E-state index in [1.807, 2.05) is 26.8 Å². The van der Waals surface area contributed by atoms with Crippen molar-refractivity contribution in [2.45, 2.75) is 65.0 Å². The summed E-state index contributed by atoms with van der Waals surface area (Å²) < 4.78 is 22.8. The van der Waals surface area contributed by atoms with Gasteiger partial charge in [-0.1, -0.05) is 50.8 Å². The molecule has 5 N–H and O–H groups in total. The number of benzene rings is 1. The van der Waals surface area contributed by atoms with Crippen LogP contribution in [0, 0.1) is 11.8 Å². The number of hydrogen-bond acceptors (Lipinski definition) is 9. The normalized spacial score (nSPS) is 26.0. The van der Waals surface area contributed by atoms with E-state index in [2.05, 4.69) is 16.9 Å². The number of methoxy groups -OCH3 is 3. The average molecular weight is 600 g/mol. The SMILES string of the molecule is C=CC=Nc1c(O)cc2c(O)c1C[C@@H](C)C[C@H](OC)[C@H](OC)[C@@H](C)C=C(C)[C@H](OC(N)=O)C(OC)C=CC=C(C)C(=O)N2. The van der Waals surface area contributed by atoms with Gasteiger partial charge in [0.1, 0.15) is 23.3 Å². The fourth-order valence-electron chi connectivity index (χ4n) is 5.22. The molecule has 0 aromatic heterocycles. The van der Waals surface area contributed by atoms with Gasteiger partial charge in [-0.05, 0) is 38.2 Å². The molecule has 0 fully saturated rings. The zero-order valence-corrected chi connectivity index (χ0v) is 26.0. The van der Waals surface area contributed by atoms with E-state index in [4.69, 9.17) is 24.7 Å². The van der Waals surface area contributed by atoms with Gasteiger partial charge in [-0.2, -0.15) is 0 Å². The summed E-state index contributed by atoms with van der Waals surface area (Å²) in [4.78, 5) is 29.1. The standard InChI is InChI=1S/C32H45N3O8/c1-9-13-34-27-22-14-18(2)15-26(41-7)29(42-8)20(4)16-21(5)30(43-32(33)39)25(40-6)12-10-11-19(3)31(38)35-23(28(22)37)17-24(27)36/h9-13,16-18,20,25-26,29-30,36-37H,1,14-15H2,2-8H3,(H2,33,39)(H,35,38)/t18-,20+,25?,26+,29-,30+/m1/s1. The number of nitrogens with two attached hydrogens (primary N) is 1. The molecule has 1 aliphatic heterocycles. The van der Waals surface area contributed by atoms with Crippen LogP contribution in [0.25, 0.3) is 0 Å². The number of primary amides is 1. The van der Waals surface area contributed by atoms with Gasteiger partial charge < -0.3 is 40.2 Å². The molecular formula is C32H45N3O8. The summed E-state index contributed by atoms with van der Waals surface area (Å²) in [6, 6.07) is 1.25. The van der Waals surface area contributed by atoms with Crippen molar-refractivity contribution >= 4 is 29.6 Å². The fourth-order valence-corrected chi connectivity index (χ4v) is 5.22. The Morgan fingerprint density at radius 2 is 1.86 bits per heavy atom. The van der Waals surface area contributed by atoms with Crippen molar-refractivity contribution in [3.05, 3.63) is 59.7 Å². The van der Waals surface area contributed by atoms with Crippen LogP contribution in [0.1, 0.15) is 39.7 Å². The minimum Gasteiger partial charge on any atom is -0.506 e. The molecule has 1 aromatic rings. The molecule has 2 bridgehead atoms. The largest absolute Gasteiger partial charge is 0.506 e. The molecule has 11 nitrogen and oxygen atoms in total. The van der Waals surface area contributed by atoms with Crippen molar-refractivity contribution < 1.29 is 38.7 Å². The molecule has 0 aliphatic carbocycles. The second-order valence-corrected chi connectivity index (χ2v) is 10.7. The van der Waals surface area contributed by atoms with Crippen LogP contribution in [-0.4, -0.2) is 74.2 Å². The molecule has 1 aliphatic rings. The first kappa shape index (κ1) is 35.3. The van der Waals surface area contributed by atoms with E-state index in [-0.39, 0.29) is 40.8 Å². The number of ether oxygens (including phenoxy) is 4. The number of allylic oxidation sites excluding steroid dienone is 3. The Bertz CT molecular complexity index is 1270. The van der Waals surface area contributed by atoms with E-state index in [1.165, 1.54) is 25.5 Å². The maximum Gasteiger partial charge on any atom is 0.405 e. The zero-order chi connectivity index (χ0) is 32.3. The first-order valence-corrected chi connectivity index (χ1v) is 14.0. The van der Waals surface area contributed by atoms with Crippen LogP contribution in [-0.2, 0) is 30.2 Å². The molecule has 0 radical (unpaired) electrons. The third-order valence-electron chi connectivity index (χ3n) is 7.35.